The van der Waals surface area contributed by atoms with Crippen LogP contribution in [0.2, 0.25) is 5.02 Å². The number of halogens is 1. The van der Waals surface area contributed by atoms with Crippen LogP contribution in [0.25, 0.3) is 0 Å². The quantitative estimate of drug-likeness (QED) is 0.783. The van der Waals surface area contributed by atoms with Crippen LogP contribution in [0.5, 0.6) is 5.75 Å². The number of Topliss-reactive ketones (excluding diaryl/α,β-unsaturated/α-hetero) is 1. The van der Waals surface area contributed by atoms with Crippen molar-refractivity contribution in [3.63, 3.8) is 0 Å². The Morgan fingerprint density at radius 1 is 1.19 bits per heavy atom. The van der Waals surface area contributed by atoms with Crippen LogP contribution in [0.15, 0.2) is 42.5 Å². The van der Waals surface area contributed by atoms with Crippen molar-refractivity contribution >= 4 is 23.1 Å². The molecule has 0 heterocycles. The number of carbonyl (C=O) groups is 1. The number of likely N-dealkylation sites (N-methyl/N-ethyl adjacent to an activating group) is 1. The second kappa shape index (κ2) is 6.64. The molecule has 2 rings (SSSR count). The molecule has 0 aliphatic rings. The fourth-order valence-corrected chi connectivity index (χ4v) is 2.29. The Morgan fingerprint density at radius 2 is 1.86 bits per heavy atom. The van der Waals surface area contributed by atoms with E-state index < -0.39 is 0 Å². The van der Waals surface area contributed by atoms with Crippen LogP contribution < -0.4 is 9.64 Å². The zero-order valence-electron chi connectivity index (χ0n) is 12.4. The van der Waals surface area contributed by atoms with Crippen LogP contribution in [-0.2, 0) is 0 Å². The van der Waals surface area contributed by atoms with Gasteiger partial charge in [-0.25, -0.2) is 0 Å². The molecule has 0 aliphatic carbocycles. The summed E-state index contributed by atoms with van der Waals surface area (Å²) in [6.45, 7) is 2.33. The lowest BCUT2D eigenvalue weighted by molar-refractivity contribution is 0.100. The van der Waals surface area contributed by atoms with Crippen LogP contribution in [-0.4, -0.2) is 26.5 Å². The summed E-state index contributed by atoms with van der Waals surface area (Å²) < 4.78 is 5.09. The van der Waals surface area contributed by atoms with Crippen LogP contribution in [0, 0.1) is 6.92 Å². The molecule has 0 amide bonds. The SMILES string of the molecule is COc1ccc(C(=O)CN(C)c2ccc(C)cc2)cc1Cl. The lowest BCUT2D eigenvalue weighted by Crippen LogP contribution is -2.25. The highest BCUT2D eigenvalue weighted by molar-refractivity contribution is 6.32. The van der Waals surface area contributed by atoms with Crippen molar-refractivity contribution in [1.29, 1.82) is 0 Å². The van der Waals surface area contributed by atoms with Crippen molar-refractivity contribution in [2.24, 2.45) is 0 Å². The maximum atomic E-state index is 12.3. The first-order chi connectivity index (χ1) is 10.0. The van der Waals surface area contributed by atoms with E-state index >= 15 is 0 Å². The third-order valence-electron chi connectivity index (χ3n) is 3.33. The van der Waals surface area contributed by atoms with E-state index in [0.717, 1.165) is 5.69 Å². The lowest BCUT2D eigenvalue weighted by Gasteiger charge is -2.18. The summed E-state index contributed by atoms with van der Waals surface area (Å²) in [6, 6.07) is 13.2. The summed E-state index contributed by atoms with van der Waals surface area (Å²) in [5.41, 5.74) is 2.79. The summed E-state index contributed by atoms with van der Waals surface area (Å²) >= 11 is 6.05. The fourth-order valence-electron chi connectivity index (χ4n) is 2.04. The molecule has 21 heavy (non-hydrogen) atoms. The number of methoxy groups -OCH3 is 1. The van der Waals surface area contributed by atoms with Gasteiger partial charge in [-0.1, -0.05) is 29.3 Å². The smallest absolute Gasteiger partial charge is 0.182 e. The second-order valence-corrected chi connectivity index (χ2v) is 5.37. The first-order valence-electron chi connectivity index (χ1n) is 6.66. The number of hydrogen-bond acceptors (Lipinski definition) is 3. The van der Waals surface area contributed by atoms with Gasteiger partial charge in [-0.05, 0) is 37.3 Å². The fraction of sp³-hybridized carbons (Fsp3) is 0.235. The Hall–Kier alpha value is -2.00. The van der Waals surface area contributed by atoms with E-state index in [9.17, 15) is 4.79 Å². The number of aryl methyl sites for hydroxylation is 1. The molecule has 3 nitrogen and oxygen atoms in total. The Labute approximate surface area is 130 Å². The molecule has 2 aromatic rings. The molecule has 2 aromatic carbocycles. The van der Waals surface area contributed by atoms with Gasteiger partial charge < -0.3 is 9.64 Å². The summed E-state index contributed by atoms with van der Waals surface area (Å²) in [7, 11) is 3.45. The number of benzene rings is 2. The van der Waals surface area contributed by atoms with E-state index in [1.165, 1.54) is 5.56 Å². The predicted octanol–water partition coefficient (Wildman–Crippen LogP) is 3.98. The van der Waals surface area contributed by atoms with E-state index in [4.69, 9.17) is 16.3 Å². The minimum absolute atomic E-state index is 0.0163. The van der Waals surface area contributed by atoms with Crippen molar-refractivity contribution in [3.8, 4) is 5.75 Å². The Balaban J connectivity index is 2.10. The Kier molecular flexibility index (Phi) is 4.86. The van der Waals surface area contributed by atoms with Gasteiger partial charge in [0, 0.05) is 18.3 Å². The molecular formula is C17H18ClNO2. The Bertz CT molecular complexity index is 638. The van der Waals surface area contributed by atoms with Crippen molar-refractivity contribution < 1.29 is 9.53 Å². The monoisotopic (exact) mass is 303 g/mol. The molecule has 0 radical (unpaired) electrons. The molecule has 0 saturated heterocycles. The van der Waals surface area contributed by atoms with E-state index in [-0.39, 0.29) is 5.78 Å². The molecule has 0 N–H and O–H groups in total. The van der Waals surface area contributed by atoms with Crippen LogP contribution in [0.1, 0.15) is 15.9 Å². The van der Waals surface area contributed by atoms with Gasteiger partial charge in [-0.15, -0.1) is 0 Å². The molecule has 0 spiro atoms. The van der Waals surface area contributed by atoms with Crippen molar-refractivity contribution in [3.05, 3.63) is 58.6 Å². The van der Waals surface area contributed by atoms with E-state index in [0.29, 0.717) is 22.9 Å². The first-order valence-corrected chi connectivity index (χ1v) is 7.03. The molecule has 0 aliphatic heterocycles. The van der Waals surface area contributed by atoms with Gasteiger partial charge in [0.1, 0.15) is 5.75 Å². The number of ketones is 1. The molecule has 0 fully saturated rings. The normalized spacial score (nSPS) is 10.3. The highest BCUT2D eigenvalue weighted by Gasteiger charge is 2.12. The van der Waals surface area contributed by atoms with Gasteiger partial charge in [-0.3, -0.25) is 4.79 Å². The number of hydrogen-bond donors (Lipinski definition) is 0. The van der Waals surface area contributed by atoms with Gasteiger partial charge in [0.05, 0.1) is 18.7 Å². The first kappa shape index (κ1) is 15.4. The third kappa shape index (κ3) is 3.76. The van der Waals surface area contributed by atoms with Gasteiger partial charge in [-0.2, -0.15) is 0 Å². The van der Waals surface area contributed by atoms with E-state index in [2.05, 4.69) is 0 Å². The van der Waals surface area contributed by atoms with E-state index in [1.807, 2.05) is 43.1 Å². The maximum absolute atomic E-state index is 12.3. The summed E-state index contributed by atoms with van der Waals surface area (Å²) in [5, 5.41) is 0.446. The molecule has 0 aromatic heterocycles. The number of anilines is 1. The number of rotatable bonds is 5. The van der Waals surface area contributed by atoms with Gasteiger partial charge >= 0.3 is 0 Å². The molecular weight excluding hydrogens is 286 g/mol. The molecule has 4 heteroatoms. The van der Waals surface area contributed by atoms with Crippen molar-refractivity contribution in [2.45, 2.75) is 6.92 Å². The zero-order chi connectivity index (χ0) is 15.4. The molecule has 110 valence electrons. The van der Waals surface area contributed by atoms with Gasteiger partial charge in [0.25, 0.3) is 0 Å². The molecule has 0 saturated carbocycles. The topological polar surface area (TPSA) is 29.5 Å². The lowest BCUT2D eigenvalue weighted by atomic mass is 10.1. The molecule has 0 bridgehead atoms. The van der Waals surface area contributed by atoms with Crippen molar-refractivity contribution in [1.82, 2.24) is 0 Å². The summed E-state index contributed by atoms with van der Waals surface area (Å²) in [6.07, 6.45) is 0. The predicted molar refractivity (Wildman–Crippen MR) is 86.8 cm³/mol. The molecule has 0 atom stereocenters. The maximum Gasteiger partial charge on any atom is 0.182 e. The Morgan fingerprint density at radius 3 is 2.43 bits per heavy atom. The van der Waals surface area contributed by atoms with Crippen molar-refractivity contribution in [2.75, 3.05) is 25.6 Å². The number of carbonyl (C=O) groups excluding carboxylic acids is 1. The highest BCUT2D eigenvalue weighted by Crippen LogP contribution is 2.25. The summed E-state index contributed by atoms with van der Waals surface area (Å²) in [4.78, 5) is 14.2. The zero-order valence-corrected chi connectivity index (χ0v) is 13.1. The van der Waals surface area contributed by atoms with Crippen LogP contribution in [0.3, 0.4) is 0 Å². The average molecular weight is 304 g/mol. The standard InChI is InChI=1S/C17H18ClNO2/c1-12-4-7-14(8-5-12)19(2)11-16(20)13-6-9-17(21-3)15(18)10-13/h4-10H,11H2,1-3H3. The van der Waals surface area contributed by atoms with Crippen LogP contribution >= 0.6 is 11.6 Å². The second-order valence-electron chi connectivity index (χ2n) is 4.96. The van der Waals surface area contributed by atoms with E-state index in [1.54, 1.807) is 25.3 Å². The minimum Gasteiger partial charge on any atom is -0.495 e. The number of ether oxygens (including phenoxy) is 1. The number of nitrogens with zero attached hydrogens (tertiary/aromatic N) is 1. The summed E-state index contributed by atoms with van der Waals surface area (Å²) in [5.74, 6) is 0.586. The minimum atomic E-state index is 0.0163. The average Bonchev–Trinajstić information content (AvgIpc) is 2.47. The largest absolute Gasteiger partial charge is 0.495 e. The third-order valence-corrected chi connectivity index (χ3v) is 3.62. The van der Waals surface area contributed by atoms with Crippen LogP contribution in [0.4, 0.5) is 5.69 Å². The molecule has 0 unspecified atom stereocenters. The highest BCUT2D eigenvalue weighted by atomic mass is 35.5. The van der Waals surface area contributed by atoms with Gasteiger partial charge in [0.15, 0.2) is 5.78 Å². The van der Waals surface area contributed by atoms with Gasteiger partial charge in [0.2, 0.25) is 0 Å².